The van der Waals surface area contributed by atoms with Crippen molar-refractivity contribution in [1.29, 1.82) is 0 Å². The predicted octanol–water partition coefficient (Wildman–Crippen LogP) is 4.43. The summed E-state index contributed by atoms with van der Waals surface area (Å²) in [5, 5.41) is 5.86. The van der Waals surface area contributed by atoms with E-state index < -0.39 is 0 Å². The van der Waals surface area contributed by atoms with Gasteiger partial charge in [0.1, 0.15) is 0 Å². The topological polar surface area (TPSA) is 17.8 Å². The number of aryl methyl sites for hydroxylation is 1. The lowest BCUT2D eigenvalue weighted by Crippen LogP contribution is -1.87. The third kappa shape index (κ3) is 4.07. The van der Waals surface area contributed by atoms with Crippen LogP contribution in [0.5, 0.6) is 0 Å². The molecule has 0 saturated heterocycles. The van der Waals surface area contributed by atoms with Crippen LogP contribution in [0.4, 0.5) is 0 Å². The van der Waals surface area contributed by atoms with Crippen LogP contribution in [0.15, 0.2) is 24.4 Å². The maximum atomic E-state index is 5.92. The molecule has 82 valence electrons. The molecule has 0 bridgehead atoms. The van der Waals surface area contributed by atoms with Crippen LogP contribution in [0.2, 0.25) is 5.02 Å². The maximum absolute atomic E-state index is 5.92. The minimum atomic E-state index is 0.760. The van der Waals surface area contributed by atoms with Crippen LogP contribution in [0.25, 0.3) is 10.9 Å². The Morgan fingerprint density at radius 1 is 1.40 bits per heavy atom. The highest BCUT2D eigenvalue weighted by atomic mass is 127. The number of fused-ring (bicyclic) bond motifs is 1. The van der Waals surface area contributed by atoms with Crippen LogP contribution in [0, 0.1) is 0 Å². The van der Waals surface area contributed by atoms with Crippen molar-refractivity contribution in [2.45, 2.75) is 8.86 Å². The van der Waals surface area contributed by atoms with E-state index in [4.69, 9.17) is 11.6 Å². The fraction of sp³-hybridized carbons (Fsp3) is 0.300. The molecule has 0 aliphatic heterocycles. The number of hydrogen-bond acceptors (Lipinski definition) is 1. The van der Waals surface area contributed by atoms with E-state index >= 15 is 0 Å². The first-order chi connectivity index (χ1) is 7.02. The van der Waals surface area contributed by atoms with Crippen molar-refractivity contribution in [3.8, 4) is 0 Å². The van der Waals surface area contributed by atoms with Gasteiger partial charge in [0.05, 0.1) is 18.7 Å². The third-order valence-electron chi connectivity index (χ3n) is 1.74. The molecule has 0 aliphatic rings. The van der Waals surface area contributed by atoms with E-state index in [1.165, 1.54) is 0 Å². The van der Waals surface area contributed by atoms with Gasteiger partial charge in [-0.05, 0) is 19.1 Å². The zero-order valence-corrected chi connectivity index (χ0v) is 13.5. The van der Waals surface area contributed by atoms with Crippen molar-refractivity contribution in [1.82, 2.24) is 9.78 Å². The Bertz CT molecular complexity index is 437. The summed E-state index contributed by atoms with van der Waals surface area (Å²) in [4.78, 5) is 0. The first kappa shape index (κ1) is 13.5. The monoisotopic (exact) mass is 448 g/mol. The molecule has 0 amide bonds. The largest absolute Gasteiger partial charge is 0.268 e. The summed E-state index contributed by atoms with van der Waals surface area (Å²) in [6, 6.07) is 5.78. The number of halogens is 3. The second kappa shape index (κ2) is 6.24. The van der Waals surface area contributed by atoms with Crippen LogP contribution in [-0.4, -0.2) is 11.7 Å². The molecular weight excluding hydrogens is 437 g/mol. The van der Waals surface area contributed by atoms with Crippen molar-refractivity contribution in [2.24, 2.45) is 7.05 Å². The fourth-order valence-corrected chi connectivity index (χ4v) is 1.36. The lowest BCUT2D eigenvalue weighted by atomic mass is 10.2. The second-order valence-corrected chi connectivity index (χ2v) is 9.49. The Labute approximate surface area is 122 Å². The summed E-state index contributed by atoms with van der Waals surface area (Å²) in [5.74, 6) is 0. The fourth-order valence-electron chi connectivity index (χ4n) is 1.14. The van der Waals surface area contributed by atoms with Crippen molar-refractivity contribution in [3.63, 3.8) is 0 Å². The van der Waals surface area contributed by atoms with Crippen molar-refractivity contribution in [2.75, 3.05) is 0 Å². The predicted molar refractivity (Wildman–Crippen MR) is 83.2 cm³/mol. The van der Waals surface area contributed by atoms with E-state index in [2.05, 4.69) is 57.2 Å². The van der Waals surface area contributed by atoms with Gasteiger partial charge in [-0.3, -0.25) is 4.68 Å². The molecule has 1 aromatic heterocycles. The number of alkyl halides is 2. The lowest BCUT2D eigenvalue weighted by molar-refractivity contribution is 0.797. The molecule has 5 heteroatoms. The zero-order chi connectivity index (χ0) is 11.4. The third-order valence-corrected chi connectivity index (χ3v) is 2.07. The number of benzene rings is 1. The van der Waals surface area contributed by atoms with Crippen molar-refractivity contribution >= 4 is 67.7 Å². The summed E-state index contributed by atoms with van der Waals surface area (Å²) >= 11 is 10.6. The van der Waals surface area contributed by atoms with E-state index in [1.54, 1.807) is 10.9 Å². The Balaban J connectivity index is 0.000000245. The molecule has 15 heavy (non-hydrogen) atoms. The molecule has 0 unspecified atom stereocenters. The lowest BCUT2D eigenvalue weighted by Gasteiger charge is -1.93. The summed E-state index contributed by atoms with van der Waals surface area (Å²) in [6.45, 7) is 2.14. The summed E-state index contributed by atoms with van der Waals surface area (Å²) in [5.41, 5.74) is 1.07. The van der Waals surface area contributed by atoms with E-state index in [0.29, 0.717) is 0 Å². The SMILES string of the molecule is CC(I)I.Cn1ncc2c(Cl)cccc21. The molecule has 0 N–H and O–H groups in total. The van der Waals surface area contributed by atoms with Crippen LogP contribution in [0.1, 0.15) is 6.92 Å². The minimum Gasteiger partial charge on any atom is -0.268 e. The molecule has 0 fully saturated rings. The van der Waals surface area contributed by atoms with E-state index in [1.807, 2.05) is 25.2 Å². The van der Waals surface area contributed by atoms with Gasteiger partial charge in [-0.25, -0.2) is 0 Å². The molecular formula is C10H11ClI2N2. The van der Waals surface area contributed by atoms with Crippen molar-refractivity contribution < 1.29 is 0 Å². The number of nitrogens with zero attached hydrogens (tertiary/aromatic N) is 2. The molecule has 0 atom stereocenters. The Kier molecular flexibility index (Phi) is 5.62. The molecule has 2 nitrogen and oxygen atoms in total. The number of rotatable bonds is 0. The Morgan fingerprint density at radius 3 is 2.53 bits per heavy atom. The van der Waals surface area contributed by atoms with E-state index in [-0.39, 0.29) is 0 Å². The Hall–Kier alpha value is 0.440. The molecule has 0 radical (unpaired) electrons. The van der Waals surface area contributed by atoms with Gasteiger partial charge in [0.2, 0.25) is 0 Å². The van der Waals surface area contributed by atoms with Gasteiger partial charge in [0.25, 0.3) is 0 Å². The first-order valence-corrected chi connectivity index (χ1v) is 7.23. The van der Waals surface area contributed by atoms with Crippen LogP contribution in [0.3, 0.4) is 0 Å². The van der Waals surface area contributed by atoms with E-state index in [9.17, 15) is 0 Å². The summed E-state index contributed by atoms with van der Waals surface area (Å²) in [6.07, 6.45) is 1.78. The average molecular weight is 448 g/mol. The second-order valence-electron chi connectivity index (χ2n) is 2.96. The van der Waals surface area contributed by atoms with Crippen LogP contribution >= 0.6 is 56.8 Å². The number of aromatic nitrogens is 2. The zero-order valence-electron chi connectivity index (χ0n) is 8.42. The van der Waals surface area contributed by atoms with Crippen molar-refractivity contribution in [3.05, 3.63) is 29.4 Å². The average Bonchev–Trinajstić information content (AvgIpc) is 2.49. The highest BCUT2D eigenvalue weighted by Crippen LogP contribution is 2.21. The summed E-state index contributed by atoms with van der Waals surface area (Å²) < 4.78 is 2.58. The maximum Gasteiger partial charge on any atom is 0.0694 e. The standard InChI is InChI=1S/C8H7ClN2.C2H4I2/c1-11-8-4-2-3-7(9)6(8)5-10-11;1-2(3)4/h2-5H,1H3;2H,1H3. The molecule has 0 aliphatic carbocycles. The van der Waals surface area contributed by atoms with Crippen LogP contribution in [-0.2, 0) is 7.05 Å². The van der Waals surface area contributed by atoms with Gasteiger partial charge in [-0.15, -0.1) is 0 Å². The van der Waals surface area contributed by atoms with Gasteiger partial charge in [-0.2, -0.15) is 5.10 Å². The van der Waals surface area contributed by atoms with Gasteiger partial charge in [-0.1, -0.05) is 62.8 Å². The smallest absolute Gasteiger partial charge is 0.0694 e. The molecule has 1 aromatic carbocycles. The summed E-state index contributed by atoms with van der Waals surface area (Å²) in [7, 11) is 1.90. The molecule has 2 rings (SSSR count). The highest BCUT2D eigenvalue weighted by Gasteiger charge is 2.00. The van der Waals surface area contributed by atoms with E-state index in [0.717, 1.165) is 17.9 Å². The van der Waals surface area contributed by atoms with Gasteiger partial charge in [0, 0.05) is 12.4 Å². The quantitative estimate of drug-likeness (QED) is 0.431. The molecule has 2 aromatic rings. The van der Waals surface area contributed by atoms with Crippen LogP contribution < -0.4 is 0 Å². The first-order valence-electron chi connectivity index (χ1n) is 4.36. The van der Waals surface area contributed by atoms with Gasteiger partial charge < -0.3 is 0 Å². The molecule has 1 heterocycles. The normalized spacial score (nSPS) is 10.3. The Morgan fingerprint density at radius 2 is 2.00 bits per heavy atom. The number of hydrogen-bond donors (Lipinski definition) is 0. The van der Waals surface area contributed by atoms with Gasteiger partial charge >= 0.3 is 0 Å². The minimum absolute atomic E-state index is 0.760. The van der Waals surface area contributed by atoms with Gasteiger partial charge in [0.15, 0.2) is 0 Å². The molecule has 0 saturated carbocycles. The highest BCUT2D eigenvalue weighted by molar-refractivity contribution is 14.2. The molecule has 0 spiro atoms.